The summed E-state index contributed by atoms with van der Waals surface area (Å²) < 4.78 is 4.61. The van der Waals surface area contributed by atoms with Crippen LogP contribution in [0.2, 0.25) is 0 Å². The molecule has 3 heterocycles. The number of hydrogen-bond donors (Lipinski definition) is 0. The maximum atomic E-state index is 5.90. The number of aromatic nitrogens is 5. The van der Waals surface area contributed by atoms with Gasteiger partial charge in [0.2, 0.25) is 11.9 Å². The van der Waals surface area contributed by atoms with Crippen LogP contribution < -0.4 is 0 Å². The topological polar surface area (TPSA) is 48.5 Å². The molecule has 4 aliphatic rings. The molecule has 0 N–H and O–H groups in total. The van der Waals surface area contributed by atoms with Crippen LogP contribution in [0.4, 0.5) is 0 Å². The lowest BCUT2D eigenvalue weighted by molar-refractivity contribution is 0.660. The molecule has 0 fully saturated rings. The second-order valence-electron chi connectivity index (χ2n) is 33.1. The summed E-state index contributed by atoms with van der Waals surface area (Å²) in [6, 6.07) is 120. The lowest BCUT2D eigenvalue weighted by Crippen LogP contribution is -2.14. The summed E-state index contributed by atoms with van der Waals surface area (Å²) in [4.78, 5) is 17.5. The minimum absolute atomic E-state index is 0.164. The van der Waals surface area contributed by atoms with Gasteiger partial charge in [0.15, 0.2) is 5.82 Å². The molecule has 0 radical (unpaired) electrons. The first-order valence-electron chi connectivity index (χ1n) is 38.7. The van der Waals surface area contributed by atoms with Crippen molar-refractivity contribution in [2.75, 3.05) is 0 Å². The first-order chi connectivity index (χ1) is 53.5. The van der Waals surface area contributed by atoms with Crippen LogP contribution in [0.1, 0.15) is 99.9 Å². The highest BCUT2D eigenvalue weighted by molar-refractivity contribution is 6.13. The van der Waals surface area contributed by atoms with E-state index >= 15 is 0 Å². The van der Waals surface area contributed by atoms with Crippen molar-refractivity contribution in [1.29, 1.82) is 0 Å². The van der Waals surface area contributed by atoms with Gasteiger partial charge >= 0.3 is 0 Å². The van der Waals surface area contributed by atoms with Gasteiger partial charge in [-0.1, -0.05) is 298 Å². The Balaban J connectivity index is 0.780. The molecule has 3 aromatic heterocycles. The number of fused-ring (bicyclic) bond motifs is 18. The van der Waals surface area contributed by atoms with E-state index < -0.39 is 0 Å². The Morgan fingerprint density at radius 1 is 0.182 bits per heavy atom. The predicted octanol–water partition coefficient (Wildman–Crippen LogP) is 27.0. The Kier molecular flexibility index (Phi) is 13.5. The number of nitrogens with zero attached hydrogens (tertiary/aromatic N) is 5. The van der Waals surface area contributed by atoms with Crippen LogP contribution in [0.15, 0.2) is 322 Å². The average molecular weight is 1410 g/mol. The fourth-order valence-corrected chi connectivity index (χ4v) is 19.8. The molecule has 0 saturated heterocycles. The van der Waals surface area contributed by atoms with Gasteiger partial charge in [0.05, 0.1) is 22.1 Å². The highest BCUT2D eigenvalue weighted by Gasteiger charge is 2.40. The van der Waals surface area contributed by atoms with Crippen LogP contribution in [0.3, 0.4) is 0 Å². The van der Waals surface area contributed by atoms with E-state index in [1.165, 1.54) is 111 Å². The summed E-state index contributed by atoms with van der Waals surface area (Å²) in [6.45, 7) is 18.9. The quantitative estimate of drug-likeness (QED) is 0.145. The summed E-state index contributed by atoms with van der Waals surface area (Å²) in [6.07, 6.45) is 0. The average Bonchev–Trinajstić information content (AvgIpc) is 1.57. The summed E-state index contributed by atoms with van der Waals surface area (Å²) >= 11 is 0. The summed E-state index contributed by atoms with van der Waals surface area (Å²) in [5, 5.41) is 4.42. The van der Waals surface area contributed by atoms with Gasteiger partial charge in [0.25, 0.3) is 0 Å². The van der Waals surface area contributed by atoms with Gasteiger partial charge < -0.3 is 0 Å². The molecule has 5 heteroatoms. The molecular formula is C105H77N5. The van der Waals surface area contributed by atoms with Crippen molar-refractivity contribution in [3.63, 3.8) is 0 Å². The molecule has 0 spiro atoms. The first kappa shape index (κ1) is 64.1. The van der Waals surface area contributed by atoms with E-state index in [-0.39, 0.29) is 21.7 Å². The first-order valence-corrected chi connectivity index (χ1v) is 38.7. The molecule has 4 aliphatic carbocycles. The van der Waals surface area contributed by atoms with Crippen molar-refractivity contribution in [2.24, 2.45) is 0 Å². The predicted molar refractivity (Wildman–Crippen MR) is 457 cm³/mol. The Morgan fingerprint density at radius 2 is 0.436 bits per heavy atom. The molecular weight excluding hydrogens is 1330 g/mol. The molecule has 15 aromatic carbocycles. The fourth-order valence-electron chi connectivity index (χ4n) is 19.8. The van der Waals surface area contributed by atoms with Crippen molar-refractivity contribution in [3.05, 3.63) is 366 Å². The Morgan fingerprint density at radius 3 is 0.773 bits per heavy atom. The third-order valence-electron chi connectivity index (χ3n) is 25.7. The van der Waals surface area contributed by atoms with Crippen LogP contribution in [-0.2, 0) is 21.7 Å². The molecule has 0 aliphatic heterocycles. The Labute approximate surface area is 641 Å². The van der Waals surface area contributed by atoms with Gasteiger partial charge in [-0.3, -0.25) is 9.13 Å². The maximum Gasteiger partial charge on any atom is 0.240 e. The third kappa shape index (κ3) is 9.31. The van der Waals surface area contributed by atoms with E-state index in [2.05, 4.69) is 386 Å². The van der Waals surface area contributed by atoms with Gasteiger partial charge in [-0.05, 0) is 235 Å². The summed E-state index contributed by atoms with van der Waals surface area (Å²) in [5.41, 5.74) is 39.3. The summed E-state index contributed by atoms with van der Waals surface area (Å²) in [5.74, 6) is 1.59. The minimum atomic E-state index is -0.164. The zero-order valence-corrected chi connectivity index (χ0v) is 62.8. The molecule has 0 bridgehead atoms. The molecule has 18 aromatic rings. The minimum Gasteiger partial charge on any atom is -0.278 e. The van der Waals surface area contributed by atoms with Gasteiger partial charge in [0.1, 0.15) is 0 Å². The van der Waals surface area contributed by atoms with Gasteiger partial charge in [-0.2, -0.15) is 15.0 Å². The Hall–Kier alpha value is -13.1. The zero-order valence-electron chi connectivity index (χ0n) is 62.8. The number of rotatable bonds is 9. The van der Waals surface area contributed by atoms with Crippen molar-refractivity contribution in [3.8, 4) is 135 Å². The molecule has 0 unspecified atom stereocenters. The number of benzene rings is 15. The molecule has 522 valence electrons. The van der Waals surface area contributed by atoms with Gasteiger partial charge in [-0.25, -0.2) is 0 Å². The highest BCUT2D eigenvalue weighted by atomic mass is 15.3. The van der Waals surface area contributed by atoms with Crippen LogP contribution in [-0.4, -0.2) is 24.1 Å². The van der Waals surface area contributed by atoms with Crippen LogP contribution in [0.5, 0.6) is 0 Å². The lowest BCUT2D eigenvalue weighted by Gasteiger charge is -2.22. The van der Waals surface area contributed by atoms with Crippen LogP contribution in [0.25, 0.3) is 178 Å². The van der Waals surface area contributed by atoms with Gasteiger partial charge in [-0.15, -0.1) is 0 Å². The molecule has 0 amide bonds. The molecule has 5 nitrogen and oxygen atoms in total. The van der Waals surface area contributed by atoms with E-state index in [1.54, 1.807) is 0 Å². The standard InChI is InChI=1S/C105H77N5/c1-102(2)87-33-18-14-29-75(87)79-45-37-67(58-91(79)102)63-41-49-95-83(54-63)84-55-64(68-38-46-80-76-30-15-19-34-88(76)103(3,4)92(80)59-68)42-50-96(84)109(95)100-106-99(72-26-22-25-71(53-72)74-28-13-12-27-73(74)62-23-10-9-11-24-62)107-101(108-100)110-97-51-43-65(69-39-47-81-77-31-16-20-35-89(77)104(5,6)93(81)60-69)56-85(97)86-57-66(44-52-98(86)110)70-40-48-82-78-32-17-21-36-90(78)105(7,8)94(82)61-70/h9-61H,1-8H3. The zero-order chi connectivity index (χ0) is 73.8. The van der Waals surface area contributed by atoms with E-state index in [9.17, 15) is 0 Å². The van der Waals surface area contributed by atoms with E-state index in [1.807, 2.05) is 0 Å². The van der Waals surface area contributed by atoms with Gasteiger partial charge in [0, 0.05) is 48.8 Å². The number of hydrogen-bond acceptors (Lipinski definition) is 3. The fraction of sp³-hybridized carbons (Fsp3) is 0.114. The largest absolute Gasteiger partial charge is 0.278 e. The monoisotopic (exact) mass is 1410 g/mol. The van der Waals surface area contributed by atoms with E-state index in [4.69, 9.17) is 15.0 Å². The molecule has 0 saturated carbocycles. The SMILES string of the molecule is CC1(C)c2ccccc2-c2ccc(-c3ccc4c(c3)c3cc(-c5ccc6c(c5)C(C)(C)c5ccccc5-6)ccc3n4-c3nc(-c4cccc(-c5ccccc5-c5ccccc5)c4)nc(-n4c5ccc(-c6ccc7c(c6)C(C)(C)c6ccccc6-7)cc5c5cc(-c6ccc7c(c6)C(C)(C)c6ccccc6-7)ccc54)n3)cc21. The molecule has 0 atom stereocenters. The van der Waals surface area contributed by atoms with Crippen molar-refractivity contribution in [2.45, 2.75) is 77.0 Å². The summed E-state index contributed by atoms with van der Waals surface area (Å²) in [7, 11) is 0. The third-order valence-corrected chi connectivity index (χ3v) is 25.7. The highest BCUT2D eigenvalue weighted by Crippen LogP contribution is 2.55. The Bertz CT molecular complexity index is 6350. The smallest absolute Gasteiger partial charge is 0.240 e. The van der Waals surface area contributed by atoms with E-state index in [0.29, 0.717) is 17.7 Å². The van der Waals surface area contributed by atoms with Crippen LogP contribution in [0, 0.1) is 0 Å². The van der Waals surface area contributed by atoms with E-state index in [0.717, 1.165) is 93.7 Å². The van der Waals surface area contributed by atoms with Crippen LogP contribution >= 0.6 is 0 Å². The maximum absolute atomic E-state index is 5.90. The normalized spacial score (nSPS) is 14.7. The molecule has 110 heavy (non-hydrogen) atoms. The van der Waals surface area contributed by atoms with Crippen molar-refractivity contribution < 1.29 is 0 Å². The van der Waals surface area contributed by atoms with Crippen molar-refractivity contribution >= 4 is 43.6 Å². The molecule has 22 rings (SSSR count). The lowest BCUT2D eigenvalue weighted by atomic mass is 9.81. The van der Waals surface area contributed by atoms with Crippen molar-refractivity contribution in [1.82, 2.24) is 24.1 Å². The second kappa shape index (κ2) is 23.2. The second-order valence-corrected chi connectivity index (χ2v) is 33.1.